The molecule has 0 fully saturated rings. The molecule has 0 amide bonds. The molecule has 0 spiro atoms. The zero-order valence-electron chi connectivity index (χ0n) is 15.1. The summed E-state index contributed by atoms with van der Waals surface area (Å²) in [5.74, 6) is 0. The first-order valence-electron chi connectivity index (χ1n) is 9.01. The average molecular weight is 300 g/mol. The number of rotatable bonds is 14. The van der Waals surface area contributed by atoms with Gasteiger partial charge in [0.2, 0.25) is 0 Å². The Morgan fingerprint density at radius 3 is 1.81 bits per heavy atom. The maximum absolute atomic E-state index is 5.99. The third kappa shape index (κ3) is 16.1. The molecular formula is C18H41N3. The van der Waals surface area contributed by atoms with E-state index in [0.717, 1.165) is 19.5 Å². The lowest BCUT2D eigenvalue weighted by Crippen LogP contribution is -2.39. The Kier molecular flexibility index (Phi) is 11.4. The van der Waals surface area contributed by atoms with Gasteiger partial charge in [-0.2, -0.15) is 0 Å². The van der Waals surface area contributed by atoms with Gasteiger partial charge < -0.3 is 16.8 Å². The molecule has 0 aliphatic carbocycles. The standard InChI is InChI=1S/C18H41N3/c1-17(2,20)13-9-6-8-12-16-21-18(3,4)14-10-5-7-11-15-19/h21H,5-16,19-20H2,1-4H3. The van der Waals surface area contributed by atoms with Crippen molar-refractivity contribution in [2.24, 2.45) is 11.5 Å². The van der Waals surface area contributed by atoms with Crippen LogP contribution >= 0.6 is 0 Å². The van der Waals surface area contributed by atoms with Crippen LogP contribution in [0, 0.1) is 0 Å². The van der Waals surface area contributed by atoms with E-state index in [9.17, 15) is 0 Å². The SMILES string of the molecule is CC(C)(N)CCCCCCNC(C)(C)CCCCCCN. The first-order valence-corrected chi connectivity index (χ1v) is 9.01. The number of nitrogens with two attached hydrogens (primary N) is 2. The van der Waals surface area contributed by atoms with Crippen LogP contribution in [0.25, 0.3) is 0 Å². The quantitative estimate of drug-likeness (QED) is 0.425. The fourth-order valence-electron chi connectivity index (χ4n) is 2.64. The third-order valence-corrected chi connectivity index (χ3v) is 4.11. The summed E-state index contributed by atoms with van der Waals surface area (Å²) < 4.78 is 0. The Morgan fingerprint density at radius 1 is 0.714 bits per heavy atom. The molecular weight excluding hydrogens is 258 g/mol. The lowest BCUT2D eigenvalue weighted by molar-refractivity contribution is 0.342. The van der Waals surface area contributed by atoms with Gasteiger partial charge in [-0.15, -0.1) is 0 Å². The van der Waals surface area contributed by atoms with Gasteiger partial charge in [0.05, 0.1) is 0 Å². The summed E-state index contributed by atoms with van der Waals surface area (Å²) in [4.78, 5) is 0. The van der Waals surface area contributed by atoms with Gasteiger partial charge in [-0.1, -0.05) is 38.5 Å². The van der Waals surface area contributed by atoms with Gasteiger partial charge in [-0.3, -0.25) is 0 Å². The molecule has 21 heavy (non-hydrogen) atoms. The molecule has 0 radical (unpaired) electrons. The van der Waals surface area contributed by atoms with E-state index >= 15 is 0 Å². The van der Waals surface area contributed by atoms with Crippen molar-refractivity contribution >= 4 is 0 Å². The van der Waals surface area contributed by atoms with Gasteiger partial charge >= 0.3 is 0 Å². The summed E-state index contributed by atoms with van der Waals surface area (Å²) in [6, 6.07) is 0. The monoisotopic (exact) mass is 299 g/mol. The van der Waals surface area contributed by atoms with Gasteiger partial charge in [-0.05, 0) is 66.5 Å². The summed E-state index contributed by atoms with van der Waals surface area (Å²) in [6.07, 6.45) is 12.6. The number of hydrogen-bond donors (Lipinski definition) is 3. The van der Waals surface area contributed by atoms with Crippen LogP contribution in [0.5, 0.6) is 0 Å². The second-order valence-electron chi connectivity index (χ2n) is 7.92. The highest BCUT2D eigenvalue weighted by atomic mass is 14.9. The van der Waals surface area contributed by atoms with E-state index in [1.807, 2.05) is 0 Å². The molecule has 5 N–H and O–H groups in total. The van der Waals surface area contributed by atoms with Gasteiger partial charge in [-0.25, -0.2) is 0 Å². The summed E-state index contributed by atoms with van der Waals surface area (Å²) in [7, 11) is 0. The molecule has 3 nitrogen and oxygen atoms in total. The summed E-state index contributed by atoms with van der Waals surface area (Å²) in [5.41, 5.74) is 11.8. The number of unbranched alkanes of at least 4 members (excludes halogenated alkanes) is 6. The van der Waals surface area contributed by atoms with Crippen LogP contribution in [0.3, 0.4) is 0 Å². The summed E-state index contributed by atoms with van der Waals surface area (Å²) in [5, 5.41) is 3.71. The topological polar surface area (TPSA) is 64.1 Å². The largest absolute Gasteiger partial charge is 0.330 e. The normalized spacial score (nSPS) is 12.9. The predicted molar refractivity (Wildman–Crippen MR) is 95.6 cm³/mol. The van der Waals surface area contributed by atoms with Crippen LogP contribution in [0.15, 0.2) is 0 Å². The van der Waals surface area contributed by atoms with Crippen molar-refractivity contribution in [1.29, 1.82) is 0 Å². The second-order valence-corrected chi connectivity index (χ2v) is 7.92. The Bertz CT molecular complexity index is 231. The van der Waals surface area contributed by atoms with Gasteiger partial charge in [0.25, 0.3) is 0 Å². The molecule has 3 heteroatoms. The zero-order valence-corrected chi connectivity index (χ0v) is 15.1. The molecule has 0 bridgehead atoms. The maximum Gasteiger partial charge on any atom is 0.0125 e. The first kappa shape index (κ1) is 20.9. The van der Waals surface area contributed by atoms with E-state index in [-0.39, 0.29) is 11.1 Å². The van der Waals surface area contributed by atoms with Crippen molar-refractivity contribution in [1.82, 2.24) is 5.32 Å². The molecule has 128 valence electrons. The smallest absolute Gasteiger partial charge is 0.0125 e. The van der Waals surface area contributed by atoms with Crippen molar-refractivity contribution in [3.8, 4) is 0 Å². The lowest BCUT2D eigenvalue weighted by Gasteiger charge is -2.26. The first-order chi connectivity index (χ1) is 9.77. The van der Waals surface area contributed by atoms with Crippen LogP contribution in [-0.2, 0) is 0 Å². The molecule has 0 aromatic heterocycles. The molecule has 0 aromatic rings. The molecule has 0 aromatic carbocycles. The highest BCUT2D eigenvalue weighted by Gasteiger charge is 2.15. The van der Waals surface area contributed by atoms with Crippen molar-refractivity contribution in [2.75, 3.05) is 13.1 Å². The zero-order chi connectivity index (χ0) is 16.2. The van der Waals surface area contributed by atoms with Crippen molar-refractivity contribution in [3.63, 3.8) is 0 Å². The summed E-state index contributed by atoms with van der Waals surface area (Å²) >= 11 is 0. The van der Waals surface area contributed by atoms with Crippen LogP contribution in [0.2, 0.25) is 0 Å². The minimum absolute atomic E-state index is 0.00411. The van der Waals surface area contributed by atoms with Gasteiger partial charge in [0, 0.05) is 11.1 Å². The molecule has 0 heterocycles. The average Bonchev–Trinajstić information content (AvgIpc) is 2.36. The molecule has 0 atom stereocenters. The Labute approximate surface area is 133 Å². The summed E-state index contributed by atoms with van der Waals surface area (Å²) in [6.45, 7) is 10.9. The number of hydrogen-bond acceptors (Lipinski definition) is 3. The van der Waals surface area contributed by atoms with Gasteiger partial charge in [0.15, 0.2) is 0 Å². The third-order valence-electron chi connectivity index (χ3n) is 4.11. The Balaban J connectivity index is 3.44. The van der Waals surface area contributed by atoms with E-state index in [0.29, 0.717) is 0 Å². The molecule has 0 unspecified atom stereocenters. The van der Waals surface area contributed by atoms with Gasteiger partial charge in [0.1, 0.15) is 0 Å². The molecule has 0 rings (SSSR count). The molecule has 0 aliphatic rings. The Hall–Kier alpha value is -0.120. The maximum atomic E-state index is 5.99. The van der Waals surface area contributed by atoms with Crippen LogP contribution in [-0.4, -0.2) is 24.2 Å². The van der Waals surface area contributed by atoms with Crippen LogP contribution in [0.4, 0.5) is 0 Å². The van der Waals surface area contributed by atoms with Crippen LogP contribution in [0.1, 0.15) is 91.9 Å². The highest BCUT2D eigenvalue weighted by molar-refractivity contribution is 4.77. The van der Waals surface area contributed by atoms with E-state index in [4.69, 9.17) is 11.5 Å². The fraction of sp³-hybridized carbons (Fsp3) is 1.00. The second kappa shape index (κ2) is 11.4. The van der Waals surface area contributed by atoms with Crippen LogP contribution < -0.4 is 16.8 Å². The number of nitrogens with one attached hydrogen (secondary N) is 1. The highest BCUT2D eigenvalue weighted by Crippen LogP contribution is 2.15. The van der Waals surface area contributed by atoms with E-state index in [1.165, 1.54) is 57.8 Å². The van der Waals surface area contributed by atoms with Crippen molar-refractivity contribution in [3.05, 3.63) is 0 Å². The molecule has 0 saturated carbocycles. The minimum Gasteiger partial charge on any atom is -0.330 e. The molecule has 0 saturated heterocycles. The van der Waals surface area contributed by atoms with E-state index in [2.05, 4.69) is 33.0 Å². The fourth-order valence-corrected chi connectivity index (χ4v) is 2.64. The van der Waals surface area contributed by atoms with Crippen molar-refractivity contribution in [2.45, 2.75) is 103 Å². The molecule has 0 aliphatic heterocycles. The van der Waals surface area contributed by atoms with E-state index in [1.54, 1.807) is 0 Å². The predicted octanol–water partition coefficient (Wildman–Crippen LogP) is 3.95. The minimum atomic E-state index is 0.00411. The van der Waals surface area contributed by atoms with Crippen molar-refractivity contribution < 1.29 is 0 Å². The Morgan fingerprint density at radius 2 is 1.24 bits per heavy atom. The van der Waals surface area contributed by atoms with E-state index < -0.39 is 0 Å². The lowest BCUT2D eigenvalue weighted by atomic mass is 9.95.